The normalized spacial score (nSPS) is 19.0. The maximum absolute atomic E-state index is 11.9. The van der Waals surface area contributed by atoms with Gasteiger partial charge in [-0.15, -0.1) is 6.42 Å². The smallest absolute Gasteiger partial charge is 0.408 e. The summed E-state index contributed by atoms with van der Waals surface area (Å²) < 4.78 is 5.55. The predicted molar refractivity (Wildman–Crippen MR) is 89.3 cm³/mol. The molecule has 1 aromatic carbocycles. The van der Waals surface area contributed by atoms with Crippen LogP contribution in [0.25, 0.3) is 5.57 Å². The molecule has 0 saturated heterocycles. The quantitative estimate of drug-likeness (QED) is 0.668. The Bertz CT molecular complexity index is 839. The summed E-state index contributed by atoms with van der Waals surface area (Å²) in [4.78, 5) is 11.9. The van der Waals surface area contributed by atoms with E-state index in [-0.39, 0.29) is 12.6 Å². The predicted octanol–water partition coefficient (Wildman–Crippen LogP) is 3.68. The lowest BCUT2D eigenvalue weighted by atomic mass is 9.87. The van der Waals surface area contributed by atoms with Crippen LogP contribution in [0.2, 0.25) is 0 Å². The Kier molecular flexibility index (Phi) is 4.32. The zero-order valence-electron chi connectivity index (χ0n) is 12.5. The van der Waals surface area contributed by atoms with Crippen molar-refractivity contribution in [3.8, 4) is 12.3 Å². The number of hydrogen-bond acceptors (Lipinski definition) is 2. The van der Waals surface area contributed by atoms with Crippen LogP contribution in [-0.4, -0.2) is 12.6 Å². The third kappa shape index (κ3) is 3.20. The minimum Gasteiger partial charge on any atom is -0.441 e. The molecule has 1 amide bonds. The van der Waals surface area contributed by atoms with Gasteiger partial charge in [-0.2, -0.15) is 0 Å². The van der Waals surface area contributed by atoms with Gasteiger partial charge in [-0.1, -0.05) is 53.8 Å². The lowest BCUT2D eigenvalue weighted by molar-refractivity contribution is 0.0997. The minimum absolute atomic E-state index is 0.147. The highest BCUT2D eigenvalue weighted by molar-refractivity contribution is 5.84. The molecule has 0 aliphatic heterocycles. The highest BCUT2D eigenvalue weighted by atomic mass is 16.6. The van der Waals surface area contributed by atoms with Gasteiger partial charge >= 0.3 is 6.09 Å². The van der Waals surface area contributed by atoms with Crippen LogP contribution in [0, 0.1) is 12.3 Å². The Morgan fingerprint density at radius 3 is 3.17 bits per heavy atom. The van der Waals surface area contributed by atoms with Gasteiger partial charge in [-0.25, -0.2) is 4.79 Å². The van der Waals surface area contributed by atoms with E-state index in [2.05, 4.69) is 22.7 Å². The Morgan fingerprint density at radius 1 is 1.43 bits per heavy atom. The largest absolute Gasteiger partial charge is 0.441 e. The monoisotopic (exact) mass is 301 g/mol. The van der Waals surface area contributed by atoms with Crippen molar-refractivity contribution in [2.45, 2.75) is 12.5 Å². The number of terminal acetylenes is 1. The maximum Gasteiger partial charge on any atom is 0.408 e. The topological polar surface area (TPSA) is 38.3 Å². The van der Waals surface area contributed by atoms with E-state index in [9.17, 15) is 4.79 Å². The molecule has 0 spiro atoms. The molecule has 0 saturated carbocycles. The highest BCUT2D eigenvalue weighted by Crippen LogP contribution is 2.35. The molecule has 1 N–H and O–H groups in total. The number of allylic oxidation sites excluding steroid dienone is 5. The molecular weight excluding hydrogens is 286 g/mol. The zero-order chi connectivity index (χ0) is 16.1. The van der Waals surface area contributed by atoms with Crippen molar-refractivity contribution in [3.05, 3.63) is 76.7 Å². The van der Waals surface area contributed by atoms with E-state index in [1.54, 1.807) is 0 Å². The number of nitrogens with one attached hydrogen (secondary N) is 1. The molecular formula is C20H15NO2. The maximum atomic E-state index is 11.9. The van der Waals surface area contributed by atoms with Gasteiger partial charge in [0.25, 0.3) is 0 Å². The molecule has 0 radical (unpaired) electrons. The number of fused-ring (bicyclic) bond motifs is 3. The van der Waals surface area contributed by atoms with Crippen LogP contribution in [0.3, 0.4) is 0 Å². The molecule has 0 heterocycles. The van der Waals surface area contributed by atoms with Crippen LogP contribution in [-0.2, 0) is 4.74 Å². The number of hydrogen-bond donors (Lipinski definition) is 1. The van der Waals surface area contributed by atoms with Crippen LogP contribution in [0.4, 0.5) is 4.79 Å². The molecule has 112 valence electrons. The van der Waals surface area contributed by atoms with Crippen molar-refractivity contribution in [1.29, 1.82) is 0 Å². The molecule has 3 heteroatoms. The van der Waals surface area contributed by atoms with Gasteiger partial charge in [0.15, 0.2) is 0 Å². The molecule has 0 bridgehead atoms. The van der Waals surface area contributed by atoms with Gasteiger partial charge in [-0.3, -0.25) is 0 Å². The molecule has 1 unspecified atom stereocenters. The Balaban J connectivity index is 1.98. The average Bonchev–Trinajstić information content (AvgIpc) is 2.58. The molecule has 3 rings (SSSR count). The molecule has 0 fully saturated rings. The second-order valence-electron chi connectivity index (χ2n) is 5.11. The fourth-order valence-electron chi connectivity index (χ4n) is 2.62. The molecule has 1 aromatic rings. The number of carbonyl (C=O) groups excluding carboxylic acids is 1. The number of carbonyl (C=O) groups is 1. The first kappa shape index (κ1) is 14.8. The number of benzene rings is 1. The second-order valence-corrected chi connectivity index (χ2v) is 5.11. The molecule has 2 aliphatic carbocycles. The Labute approximate surface area is 135 Å². The van der Waals surface area contributed by atoms with Crippen LogP contribution < -0.4 is 5.32 Å². The van der Waals surface area contributed by atoms with Gasteiger partial charge in [-0.05, 0) is 23.3 Å². The van der Waals surface area contributed by atoms with E-state index in [0.717, 1.165) is 22.3 Å². The van der Waals surface area contributed by atoms with E-state index in [0.29, 0.717) is 6.42 Å². The summed E-state index contributed by atoms with van der Waals surface area (Å²) in [6.07, 6.45) is 12.7. The third-order valence-corrected chi connectivity index (χ3v) is 3.64. The lowest BCUT2D eigenvalue weighted by Crippen LogP contribution is -2.26. The SMILES string of the molecule is C#CCNC(=O)OC1C/C=C\C2=CC=C=C=C2c2ccccc21. The average molecular weight is 301 g/mol. The lowest BCUT2D eigenvalue weighted by Gasteiger charge is -2.23. The van der Waals surface area contributed by atoms with E-state index < -0.39 is 6.09 Å². The van der Waals surface area contributed by atoms with Crippen molar-refractivity contribution in [2.24, 2.45) is 0 Å². The number of rotatable bonds is 2. The zero-order valence-corrected chi connectivity index (χ0v) is 12.5. The highest BCUT2D eigenvalue weighted by Gasteiger charge is 2.23. The minimum atomic E-state index is -0.513. The van der Waals surface area contributed by atoms with Gasteiger partial charge in [0.05, 0.1) is 6.54 Å². The standard InChI is InChI=1S/C20H15NO2/c1-2-14-21-20(22)23-19-13-7-9-15-8-3-4-10-16(15)17-11-5-6-12-18(17)19/h1,3,5-9,11-12,19H,13-14H2,(H,21,22)/b9-7-. The summed E-state index contributed by atoms with van der Waals surface area (Å²) in [5.41, 5.74) is 10.1. The summed E-state index contributed by atoms with van der Waals surface area (Å²) in [6.45, 7) is 0.147. The second kappa shape index (κ2) is 6.73. The van der Waals surface area contributed by atoms with Crippen molar-refractivity contribution >= 4 is 11.7 Å². The van der Waals surface area contributed by atoms with E-state index in [1.807, 2.05) is 48.6 Å². The van der Waals surface area contributed by atoms with Gasteiger partial charge in [0, 0.05) is 17.6 Å². The Hall–Kier alpha value is -3.17. The van der Waals surface area contributed by atoms with Gasteiger partial charge in [0.2, 0.25) is 0 Å². The first-order valence-corrected chi connectivity index (χ1v) is 7.35. The van der Waals surface area contributed by atoms with E-state index in [4.69, 9.17) is 11.2 Å². The number of amides is 1. The number of ether oxygens (including phenoxy) is 1. The van der Waals surface area contributed by atoms with E-state index >= 15 is 0 Å². The van der Waals surface area contributed by atoms with E-state index in [1.165, 1.54) is 0 Å². The van der Waals surface area contributed by atoms with Crippen molar-refractivity contribution in [3.63, 3.8) is 0 Å². The summed E-state index contributed by atoms with van der Waals surface area (Å²) in [7, 11) is 0. The fourth-order valence-corrected chi connectivity index (χ4v) is 2.62. The van der Waals surface area contributed by atoms with Crippen molar-refractivity contribution in [2.75, 3.05) is 6.54 Å². The molecule has 3 nitrogen and oxygen atoms in total. The molecule has 1 atom stereocenters. The molecule has 2 aliphatic rings. The Morgan fingerprint density at radius 2 is 2.30 bits per heavy atom. The van der Waals surface area contributed by atoms with Crippen molar-refractivity contribution in [1.82, 2.24) is 5.32 Å². The first-order valence-electron chi connectivity index (χ1n) is 7.35. The van der Waals surface area contributed by atoms with Crippen LogP contribution in [0.1, 0.15) is 23.7 Å². The van der Waals surface area contributed by atoms with Crippen molar-refractivity contribution < 1.29 is 9.53 Å². The summed E-state index contributed by atoms with van der Waals surface area (Å²) in [6, 6.07) is 7.88. The third-order valence-electron chi connectivity index (χ3n) is 3.64. The summed E-state index contributed by atoms with van der Waals surface area (Å²) >= 11 is 0. The van der Waals surface area contributed by atoms with Gasteiger partial charge < -0.3 is 10.1 Å². The summed E-state index contributed by atoms with van der Waals surface area (Å²) in [5, 5.41) is 2.53. The molecule has 0 aromatic heterocycles. The first-order chi connectivity index (χ1) is 11.3. The van der Waals surface area contributed by atoms with Crippen LogP contribution in [0.15, 0.2) is 65.6 Å². The summed E-state index contributed by atoms with van der Waals surface area (Å²) in [5.74, 6) is 2.36. The molecule has 23 heavy (non-hydrogen) atoms. The van der Waals surface area contributed by atoms with Gasteiger partial charge in [0.1, 0.15) is 6.10 Å². The fraction of sp³-hybridized carbons (Fsp3) is 0.150. The van der Waals surface area contributed by atoms with Crippen LogP contribution >= 0.6 is 0 Å². The van der Waals surface area contributed by atoms with Crippen LogP contribution in [0.5, 0.6) is 0 Å². The number of alkyl carbamates (subject to hydrolysis) is 1.